The molecule has 1 atom stereocenters. The molecule has 0 bridgehead atoms. The first kappa shape index (κ1) is 12.8. The van der Waals surface area contributed by atoms with Gasteiger partial charge in [0.2, 0.25) is 0 Å². The Kier molecular flexibility index (Phi) is 3.48. The van der Waals surface area contributed by atoms with E-state index in [0.717, 1.165) is 29.7 Å². The van der Waals surface area contributed by atoms with Crippen molar-refractivity contribution in [2.75, 3.05) is 0 Å². The van der Waals surface area contributed by atoms with Gasteiger partial charge >= 0.3 is 0 Å². The van der Waals surface area contributed by atoms with Gasteiger partial charge in [0.15, 0.2) is 0 Å². The zero-order chi connectivity index (χ0) is 13.2. The van der Waals surface area contributed by atoms with Crippen molar-refractivity contribution in [3.63, 3.8) is 0 Å². The highest BCUT2D eigenvalue weighted by molar-refractivity contribution is 5.75. The van der Waals surface area contributed by atoms with Crippen LogP contribution < -0.4 is 0 Å². The molecule has 0 aliphatic rings. The molecular formula is C14H18N2O2. The molecule has 0 aliphatic carbocycles. The SMILES string of the molecule is CCn1c(CC(C)(O)CC=O)nc2ccccc21. The summed E-state index contributed by atoms with van der Waals surface area (Å²) in [5.74, 6) is 0.825. The number of aromatic nitrogens is 2. The maximum atomic E-state index is 10.6. The minimum atomic E-state index is -1.03. The summed E-state index contributed by atoms with van der Waals surface area (Å²) in [6.07, 6.45) is 1.26. The molecule has 1 unspecified atom stereocenters. The van der Waals surface area contributed by atoms with Crippen LogP contribution in [-0.4, -0.2) is 26.5 Å². The zero-order valence-electron chi connectivity index (χ0n) is 10.8. The maximum absolute atomic E-state index is 10.6. The summed E-state index contributed by atoms with van der Waals surface area (Å²) in [6, 6.07) is 7.90. The monoisotopic (exact) mass is 246 g/mol. The Bertz CT molecular complexity index is 558. The van der Waals surface area contributed by atoms with Crippen LogP contribution in [0.5, 0.6) is 0 Å². The van der Waals surface area contributed by atoms with E-state index in [9.17, 15) is 9.90 Å². The number of para-hydroxylation sites is 2. The van der Waals surface area contributed by atoms with Crippen LogP contribution >= 0.6 is 0 Å². The average molecular weight is 246 g/mol. The second kappa shape index (κ2) is 4.90. The largest absolute Gasteiger partial charge is 0.389 e. The summed E-state index contributed by atoms with van der Waals surface area (Å²) in [4.78, 5) is 15.1. The van der Waals surface area contributed by atoms with Crippen LogP contribution in [-0.2, 0) is 17.8 Å². The van der Waals surface area contributed by atoms with Gasteiger partial charge < -0.3 is 14.5 Å². The van der Waals surface area contributed by atoms with Gasteiger partial charge in [-0.05, 0) is 26.0 Å². The van der Waals surface area contributed by atoms with Gasteiger partial charge in [0.05, 0.1) is 16.6 Å². The number of carbonyl (C=O) groups excluding carboxylic acids is 1. The number of hydrogen-bond donors (Lipinski definition) is 1. The molecule has 4 nitrogen and oxygen atoms in total. The van der Waals surface area contributed by atoms with E-state index in [2.05, 4.69) is 9.55 Å². The molecule has 0 fully saturated rings. The second-order valence-electron chi connectivity index (χ2n) is 4.81. The van der Waals surface area contributed by atoms with Crippen LogP contribution in [0.25, 0.3) is 11.0 Å². The fourth-order valence-corrected chi connectivity index (χ4v) is 2.21. The van der Waals surface area contributed by atoms with Gasteiger partial charge in [-0.1, -0.05) is 12.1 Å². The van der Waals surface area contributed by atoms with E-state index in [4.69, 9.17) is 0 Å². The van der Waals surface area contributed by atoms with Crippen molar-refractivity contribution in [2.24, 2.45) is 0 Å². The Morgan fingerprint density at radius 2 is 2.17 bits per heavy atom. The summed E-state index contributed by atoms with van der Waals surface area (Å²) in [7, 11) is 0. The fraction of sp³-hybridized carbons (Fsp3) is 0.429. The summed E-state index contributed by atoms with van der Waals surface area (Å²) in [5.41, 5.74) is 0.962. The predicted molar refractivity (Wildman–Crippen MR) is 70.4 cm³/mol. The summed E-state index contributed by atoms with van der Waals surface area (Å²) in [5, 5.41) is 10.1. The molecule has 1 aromatic carbocycles. The standard InChI is InChI=1S/C14H18N2O2/c1-3-16-12-7-5-4-6-11(12)15-13(16)10-14(2,18)8-9-17/h4-7,9,18H,3,8,10H2,1-2H3. The number of imidazole rings is 1. The lowest BCUT2D eigenvalue weighted by atomic mass is 9.98. The van der Waals surface area contributed by atoms with Crippen LogP contribution in [0.4, 0.5) is 0 Å². The summed E-state index contributed by atoms with van der Waals surface area (Å²) < 4.78 is 2.08. The number of aldehydes is 1. The van der Waals surface area contributed by atoms with Gasteiger partial charge in [-0.15, -0.1) is 0 Å². The van der Waals surface area contributed by atoms with Crippen LogP contribution in [0, 0.1) is 0 Å². The number of hydrogen-bond acceptors (Lipinski definition) is 3. The molecule has 18 heavy (non-hydrogen) atoms. The van der Waals surface area contributed by atoms with Crippen LogP contribution in [0.3, 0.4) is 0 Å². The van der Waals surface area contributed by atoms with E-state index >= 15 is 0 Å². The smallest absolute Gasteiger partial charge is 0.122 e. The number of aliphatic hydroxyl groups is 1. The Balaban J connectivity index is 2.41. The zero-order valence-corrected chi connectivity index (χ0v) is 10.8. The molecule has 96 valence electrons. The molecular weight excluding hydrogens is 228 g/mol. The van der Waals surface area contributed by atoms with Crippen molar-refractivity contribution in [1.82, 2.24) is 9.55 Å². The first-order chi connectivity index (χ1) is 8.57. The molecule has 2 aromatic rings. The highest BCUT2D eigenvalue weighted by Gasteiger charge is 2.23. The maximum Gasteiger partial charge on any atom is 0.122 e. The van der Waals surface area contributed by atoms with Crippen molar-refractivity contribution in [3.8, 4) is 0 Å². The van der Waals surface area contributed by atoms with E-state index in [0.29, 0.717) is 6.42 Å². The Morgan fingerprint density at radius 1 is 1.44 bits per heavy atom. The van der Waals surface area contributed by atoms with Gasteiger partial charge in [0, 0.05) is 19.4 Å². The molecule has 0 saturated heterocycles. The Labute approximate surface area is 106 Å². The molecule has 1 aromatic heterocycles. The molecule has 1 heterocycles. The van der Waals surface area contributed by atoms with Crippen molar-refractivity contribution < 1.29 is 9.90 Å². The predicted octanol–water partition coefficient (Wildman–Crippen LogP) is 1.94. The number of aryl methyl sites for hydroxylation is 1. The quantitative estimate of drug-likeness (QED) is 0.820. The van der Waals surface area contributed by atoms with Crippen molar-refractivity contribution >= 4 is 17.3 Å². The van der Waals surface area contributed by atoms with E-state index in [1.54, 1.807) is 6.92 Å². The Morgan fingerprint density at radius 3 is 2.83 bits per heavy atom. The second-order valence-corrected chi connectivity index (χ2v) is 4.81. The van der Waals surface area contributed by atoms with Crippen molar-refractivity contribution in [2.45, 2.75) is 38.8 Å². The summed E-state index contributed by atoms with van der Waals surface area (Å²) in [6.45, 7) is 4.51. The van der Waals surface area contributed by atoms with E-state index in [1.807, 2.05) is 31.2 Å². The minimum Gasteiger partial charge on any atom is -0.389 e. The topological polar surface area (TPSA) is 55.1 Å². The average Bonchev–Trinajstić information content (AvgIpc) is 2.64. The molecule has 0 amide bonds. The van der Waals surface area contributed by atoms with E-state index < -0.39 is 5.60 Å². The van der Waals surface area contributed by atoms with Crippen molar-refractivity contribution in [1.29, 1.82) is 0 Å². The molecule has 0 saturated carbocycles. The van der Waals surface area contributed by atoms with Crippen LogP contribution in [0.2, 0.25) is 0 Å². The first-order valence-corrected chi connectivity index (χ1v) is 6.17. The van der Waals surface area contributed by atoms with Gasteiger partial charge in [0.1, 0.15) is 12.1 Å². The van der Waals surface area contributed by atoms with Crippen LogP contribution in [0.1, 0.15) is 26.1 Å². The van der Waals surface area contributed by atoms with Gasteiger partial charge in [-0.25, -0.2) is 4.98 Å². The Hall–Kier alpha value is -1.68. The molecule has 0 radical (unpaired) electrons. The number of rotatable bonds is 5. The number of nitrogens with zero attached hydrogens (tertiary/aromatic N) is 2. The third-order valence-corrected chi connectivity index (χ3v) is 3.11. The lowest BCUT2D eigenvalue weighted by molar-refractivity contribution is -0.111. The summed E-state index contributed by atoms with van der Waals surface area (Å²) >= 11 is 0. The molecule has 1 N–H and O–H groups in total. The fourth-order valence-electron chi connectivity index (χ4n) is 2.21. The third kappa shape index (κ3) is 2.43. The number of fused-ring (bicyclic) bond motifs is 1. The normalized spacial score (nSPS) is 14.6. The lowest BCUT2D eigenvalue weighted by Gasteiger charge is -2.20. The van der Waals surface area contributed by atoms with Crippen LogP contribution in [0.15, 0.2) is 24.3 Å². The molecule has 0 aliphatic heterocycles. The first-order valence-electron chi connectivity index (χ1n) is 6.17. The number of benzene rings is 1. The molecule has 2 rings (SSSR count). The highest BCUT2D eigenvalue weighted by atomic mass is 16.3. The van der Waals surface area contributed by atoms with E-state index in [-0.39, 0.29) is 6.42 Å². The van der Waals surface area contributed by atoms with Gasteiger partial charge in [-0.3, -0.25) is 0 Å². The molecule has 4 heteroatoms. The van der Waals surface area contributed by atoms with E-state index in [1.165, 1.54) is 0 Å². The third-order valence-electron chi connectivity index (χ3n) is 3.11. The van der Waals surface area contributed by atoms with Crippen molar-refractivity contribution in [3.05, 3.63) is 30.1 Å². The molecule has 0 spiro atoms. The minimum absolute atomic E-state index is 0.125. The van der Waals surface area contributed by atoms with Gasteiger partial charge in [-0.2, -0.15) is 0 Å². The van der Waals surface area contributed by atoms with Gasteiger partial charge in [0.25, 0.3) is 0 Å². The number of carbonyl (C=O) groups is 1. The lowest BCUT2D eigenvalue weighted by Crippen LogP contribution is -2.29. The highest BCUT2D eigenvalue weighted by Crippen LogP contribution is 2.21.